The summed E-state index contributed by atoms with van der Waals surface area (Å²) in [5.41, 5.74) is 1.22. The number of amides is 1. The molecule has 32 heavy (non-hydrogen) atoms. The lowest BCUT2D eigenvalue weighted by molar-refractivity contribution is 0.0951. The van der Waals surface area contributed by atoms with E-state index < -0.39 is 0 Å². The van der Waals surface area contributed by atoms with E-state index in [2.05, 4.69) is 46.5 Å². The van der Waals surface area contributed by atoms with E-state index >= 15 is 0 Å². The summed E-state index contributed by atoms with van der Waals surface area (Å²) >= 11 is 1.59. The number of hydrogen-bond acceptors (Lipinski definition) is 8. The molecule has 0 aliphatic rings. The number of benzene rings is 1. The van der Waals surface area contributed by atoms with Gasteiger partial charge in [-0.2, -0.15) is 5.10 Å². The monoisotopic (exact) mass is 458 g/mol. The fourth-order valence-corrected chi connectivity index (χ4v) is 3.61. The fourth-order valence-electron chi connectivity index (χ4n) is 3.04. The van der Waals surface area contributed by atoms with Crippen molar-refractivity contribution in [3.8, 4) is 11.5 Å². The molecule has 0 bridgehead atoms. The van der Waals surface area contributed by atoms with Gasteiger partial charge < -0.3 is 20.1 Å². The highest BCUT2D eigenvalue weighted by Crippen LogP contribution is 2.25. The van der Waals surface area contributed by atoms with Gasteiger partial charge in [-0.15, -0.1) is 0 Å². The molecule has 1 aromatic carbocycles. The molecule has 0 saturated heterocycles. The minimum absolute atomic E-state index is 0.213. The van der Waals surface area contributed by atoms with Gasteiger partial charge in [0.05, 0.1) is 32.3 Å². The van der Waals surface area contributed by atoms with Gasteiger partial charge in [0.1, 0.15) is 17.3 Å². The van der Waals surface area contributed by atoms with E-state index in [1.807, 2.05) is 0 Å². The van der Waals surface area contributed by atoms with Crippen molar-refractivity contribution in [3.63, 3.8) is 0 Å². The van der Waals surface area contributed by atoms with Crippen LogP contribution in [0, 0.1) is 5.92 Å². The van der Waals surface area contributed by atoms with Crippen LogP contribution in [-0.2, 0) is 6.54 Å². The van der Waals surface area contributed by atoms with Crippen LogP contribution in [0.1, 0.15) is 31.1 Å². The first-order valence-corrected chi connectivity index (χ1v) is 11.5. The Morgan fingerprint density at radius 1 is 1.16 bits per heavy atom. The molecule has 3 aromatic rings. The first kappa shape index (κ1) is 23.6. The zero-order valence-electron chi connectivity index (χ0n) is 19.1. The molecule has 0 saturated carbocycles. The predicted molar refractivity (Wildman–Crippen MR) is 127 cm³/mol. The first-order chi connectivity index (χ1) is 15.4. The summed E-state index contributed by atoms with van der Waals surface area (Å²) in [6, 6.07) is 5.08. The smallest absolute Gasteiger partial charge is 0.251 e. The maximum atomic E-state index is 12.6. The van der Waals surface area contributed by atoms with Crippen LogP contribution in [0.2, 0.25) is 0 Å². The van der Waals surface area contributed by atoms with Crippen molar-refractivity contribution in [2.45, 2.75) is 32.5 Å². The third-order valence-electron chi connectivity index (χ3n) is 4.65. The Morgan fingerprint density at radius 3 is 2.50 bits per heavy atom. The Bertz CT molecular complexity index is 1050. The second-order valence-corrected chi connectivity index (χ2v) is 8.76. The van der Waals surface area contributed by atoms with Crippen LogP contribution in [-0.4, -0.2) is 58.7 Å². The van der Waals surface area contributed by atoms with E-state index in [4.69, 9.17) is 9.47 Å². The van der Waals surface area contributed by atoms with Gasteiger partial charge in [0.15, 0.2) is 10.8 Å². The van der Waals surface area contributed by atoms with E-state index in [-0.39, 0.29) is 5.91 Å². The molecule has 172 valence electrons. The molecule has 0 radical (unpaired) electrons. The summed E-state index contributed by atoms with van der Waals surface area (Å²) < 4.78 is 12.3. The molecule has 0 aliphatic heterocycles. The topological polar surface area (TPSA) is 103 Å². The van der Waals surface area contributed by atoms with Crippen LogP contribution in [0.3, 0.4) is 0 Å². The lowest BCUT2D eigenvalue weighted by atomic mass is 10.2. The SMILES string of the molecule is CCSc1nc(NCC(C)C)c2cnn(CCNC(=O)c3cc(OC)cc(OC)c3)c2n1. The van der Waals surface area contributed by atoms with Crippen LogP contribution in [0.25, 0.3) is 11.0 Å². The normalized spacial score (nSPS) is 11.1. The fraction of sp³-hybridized carbons (Fsp3) is 0.455. The van der Waals surface area contributed by atoms with E-state index in [0.717, 1.165) is 29.1 Å². The molecule has 3 rings (SSSR count). The van der Waals surface area contributed by atoms with Gasteiger partial charge in [0.2, 0.25) is 0 Å². The maximum Gasteiger partial charge on any atom is 0.251 e. The third kappa shape index (κ3) is 5.82. The number of anilines is 1. The van der Waals surface area contributed by atoms with E-state index in [1.54, 1.807) is 55.1 Å². The van der Waals surface area contributed by atoms with Crippen LogP contribution in [0.15, 0.2) is 29.6 Å². The number of aromatic nitrogens is 4. The van der Waals surface area contributed by atoms with Gasteiger partial charge in [-0.05, 0) is 23.8 Å². The Hall–Kier alpha value is -3.01. The highest BCUT2D eigenvalue weighted by atomic mass is 32.2. The molecule has 2 heterocycles. The zero-order chi connectivity index (χ0) is 23.1. The van der Waals surface area contributed by atoms with Gasteiger partial charge in [0, 0.05) is 24.7 Å². The highest BCUT2D eigenvalue weighted by Gasteiger charge is 2.14. The molecule has 0 aliphatic carbocycles. The van der Waals surface area contributed by atoms with Crippen LogP contribution < -0.4 is 20.1 Å². The van der Waals surface area contributed by atoms with Crippen molar-refractivity contribution in [1.82, 2.24) is 25.1 Å². The van der Waals surface area contributed by atoms with Gasteiger partial charge in [-0.3, -0.25) is 4.79 Å². The number of hydrogen-bond donors (Lipinski definition) is 2. The lowest BCUT2D eigenvalue weighted by Crippen LogP contribution is -2.27. The minimum atomic E-state index is -0.213. The molecule has 0 fully saturated rings. The van der Waals surface area contributed by atoms with Gasteiger partial charge in [-0.1, -0.05) is 32.5 Å². The largest absolute Gasteiger partial charge is 0.497 e. The molecular weight excluding hydrogens is 428 g/mol. The molecule has 0 unspecified atom stereocenters. The molecule has 2 aromatic heterocycles. The maximum absolute atomic E-state index is 12.6. The second kappa shape index (κ2) is 11.0. The number of fused-ring (bicyclic) bond motifs is 1. The molecule has 0 atom stereocenters. The Balaban J connectivity index is 1.74. The summed E-state index contributed by atoms with van der Waals surface area (Å²) in [5.74, 6) is 3.07. The molecule has 1 amide bonds. The molecule has 9 nitrogen and oxygen atoms in total. The number of carbonyl (C=O) groups is 1. The third-order valence-corrected chi connectivity index (χ3v) is 5.38. The number of nitrogens with one attached hydrogen (secondary N) is 2. The first-order valence-electron chi connectivity index (χ1n) is 10.6. The molecule has 2 N–H and O–H groups in total. The number of carbonyl (C=O) groups excluding carboxylic acids is 1. The van der Waals surface area contributed by atoms with Gasteiger partial charge in [-0.25, -0.2) is 14.6 Å². The van der Waals surface area contributed by atoms with E-state index in [0.29, 0.717) is 41.2 Å². The Morgan fingerprint density at radius 2 is 1.88 bits per heavy atom. The molecule has 10 heteroatoms. The molecular formula is C22H30N6O3S. The quantitative estimate of drug-likeness (QED) is 0.333. The van der Waals surface area contributed by atoms with Crippen LogP contribution >= 0.6 is 11.8 Å². The summed E-state index contributed by atoms with van der Waals surface area (Å²) in [4.78, 5) is 22.0. The van der Waals surface area contributed by atoms with Gasteiger partial charge in [0.25, 0.3) is 5.91 Å². The highest BCUT2D eigenvalue weighted by molar-refractivity contribution is 7.99. The summed E-state index contributed by atoms with van der Waals surface area (Å²) in [7, 11) is 3.10. The van der Waals surface area contributed by atoms with Crippen molar-refractivity contribution in [2.24, 2.45) is 5.92 Å². The van der Waals surface area contributed by atoms with Crippen molar-refractivity contribution in [3.05, 3.63) is 30.0 Å². The number of thioether (sulfide) groups is 1. The van der Waals surface area contributed by atoms with Crippen LogP contribution in [0.4, 0.5) is 5.82 Å². The number of nitrogens with zero attached hydrogens (tertiary/aromatic N) is 4. The lowest BCUT2D eigenvalue weighted by Gasteiger charge is -2.11. The van der Waals surface area contributed by atoms with Crippen LogP contribution in [0.5, 0.6) is 11.5 Å². The zero-order valence-corrected chi connectivity index (χ0v) is 20.0. The Labute approximate surface area is 192 Å². The van der Waals surface area contributed by atoms with E-state index in [1.165, 1.54) is 0 Å². The number of ether oxygens (including phenoxy) is 2. The van der Waals surface area contributed by atoms with Crippen molar-refractivity contribution in [1.29, 1.82) is 0 Å². The van der Waals surface area contributed by atoms with Crippen molar-refractivity contribution in [2.75, 3.05) is 38.4 Å². The van der Waals surface area contributed by atoms with Crippen molar-refractivity contribution < 1.29 is 14.3 Å². The summed E-state index contributed by atoms with van der Waals surface area (Å²) in [6.45, 7) is 8.05. The summed E-state index contributed by atoms with van der Waals surface area (Å²) in [6.07, 6.45) is 1.77. The minimum Gasteiger partial charge on any atom is -0.497 e. The average molecular weight is 459 g/mol. The van der Waals surface area contributed by atoms with E-state index in [9.17, 15) is 4.79 Å². The summed E-state index contributed by atoms with van der Waals surface area (Å²) in [5, 5.41) is 12.4. The molecule has 0 spiro atoms. The predicted octanol–water partition coefficient (Wildman–Crippen LogP) is 3.45. The van der Waals surface area contributed by atoms with Gasteiger partial charge >= 0.3 is 0 Å². The average Bonchev–Trinajstić information content (AvgIpc) is 3.20. The number of rotatable bonds is 11. The van der Waals surface area contributed by atoms with Crippen molar-refractivity contribution >= 4 is 34.5 Å². The Kier molecular flexibility index (Phi) is 8.15. The standard InChI is InChI=1S/C22H30N6O3S/c1-6-32-22-26-19(24-12-14(2)3)18-13-25-28(20(18)27-22)8-7-23-21(29)15-9-16(30-4)11-17(10-15)31-5/h9-11,13-14H,6-8,12H2,1-5H3,(H,23,29)(H,24,26,27). The second-order valence-electron chi connectivity index (χ2n) is 7.52. The number of methoxy groups -OCH3 is 2.